The van der Waals surface area contributed by atoms with Gasteiger partial charge in [0.05, 0.1) is 6.04 Å². The molecule has 3 N–H and O–H groups in total. The number of imide groups is 1. The summed E-state index contributed by atoms with van der Waals surface area (Å²) in [4.78, 5) is 22.8. The Morgan fingerprint density at radius 1 is 1.32 bits per heavy atom. The molecular weight excluding hydrogens is 249 g/mol. The van der Waals surface area contributed by atoms with Crippen molar-refractivity contribution in [1.82, 2.24) is 16.0 Å². The Labute approximate surface area is 111 Å². The highest BCUT2D eigenvalue weighted by Crippen LogP contribution is 2.05. The first kappa shape index (κ1) is 15.1. The fourth-order valence-corrected chi connectivity index (χ4v) is 1.42. The van der Waals surface area contributed by atoms with Gasteiger partial charge in [0.15, 0.2) is 0 Å². The highest BCUT2D eigenvalue weighted by atomic mass is 19.1. The largest absolute Gasteiger partial charge is 0.338 e. The number of benzene rings is 1. The molecule has 5 nitrogen and oxygen atoms in total. The fourth-order valence-electron chi connectivity index (χ4n) is 1.42. The second kappa shape index (κ2) is 7.48. The average molecular weight is 267 g/mol. The van der Waals surface area contributed by atoms with Crippen LogP contribution in [0.1, 0.15) is 19.4 Å². The third-order valence-electron chi connectivity index (χ3n) is 2.52. The molecule has 0 aliphatic rings. The summed E-state index contributed by atoms with van der Waals surface area (Å²) >= 11 is 0. The van der Waals surface area contributed by atoms with Gasteiger partial charge >= 0.3 is 6.03 Å². The van der Waals surface area contributed by atoms with E-state index in [4.69, 9.17) is 0 Å². The molecule has 0 fully saturated rings. The van der Waals surface area contributed by atoms with Gasteiger partial charge in [-0.1, -0.05) is 18.2 Å². The molecule has 0 saturated carbocycles. The van der Waals surface area contributed by atoms with Gasteiger partial charge in [0, 0.05) is 18.7 Å². The zero-order chi connectivity index (χ0) is 14.3. The van der Waals surface area contributed by atoms with Gasteiger partial charge < -0.3 is 10.6 Å². The first-order chi connectivity index (χ1) is 9.04. The van der Waals surface area contributed by atoms with Gasteiger partial charge in [-0.3, -0.25) is 10.1 Å². The summed E-state index contributed by atoms with van der Waals surface area (Å²) in [5.41, 5.74) is 0.472. The summed E-state index contributed by atoms with van der Waals surface area (Å²) in [5, 5.41) is 7.50. The Morgan fingerprint density at radius 2 is 2.00 bits per heavy atom. The third kappa shape index (κ3) is 5.05. The average Bonchev–Trinajstić information content (AvgIpc) is 2.37. The lowest BCUT2D eigenvalue weighted by atomic mass is 10.2. The molecule has 1 aromatic carbocycles. The van der Waals surface area contributed by atoms with Crippen LogP contribution in [0.4, 0.5) is 9.18 Å². The Balaban J connectivity index is 2.43. The fraction of sp³-hybridized carbons (Fsp3) is 0.385. The molecule has 0 bridgehead atoms. The second-order valence-corrected chi connectivity index (χ2v) is 4.04. The van der Waals surface area contributed by atoms with Crippen LogP contribution in [-0.4, -0.2) is 24.5 Å². The SMILES string of the molecule is CCNC(=O)NC(=O)C(C)NCc1ccccc1F. The standard InChI is InChI=1S/C13H18FN3O2/c1-3-15-13(19)17-12(18)9(2)16-8-10-6-4-5-7-11(10)14/h4-7,9,16H,3,8H2,1-2H3,(H2,15,17,18,19). The van der Waals surface area contributed by atoms with Gasteiger partial charge in [0.2, 0.25) is 5.91 Å². The lowest BCUT2D eigenvalue weighted by molar-refractivity contribution is -0.121. The number of amides is 3. The smallest absolute Gasteiger partial charge is 0.321 e. The lowest BCUT2D eigenvalue weighted by Crippen LogP contribution is -2.47. The van der Waals surface area contributed by atoms with Crippen molar-refractivity contribution in [3.63, 3.8) is 0 Å². The highest BCUT2D eigenvalue weighted by molar-refractivity contribution is 5.96. The molecule has 3 amide bonds. The first-order valence-corrected chi connectivity index (χ1v) is 6.10. The van der Waals surface area contributed by atoms with E-state index < -0.39 is 18.0 Å². The topological polar surface area (TPSA) is 70.2 Å². The molecule has 0 aliphatic heterocycles. The number of hydrogen-bond acceptors (Lipinski definition) is 3. The molecule has 0 saturated heterocycles. The van der Waals surface area contributed by atoms with Crippen LogP contribution in [-0.2, 0) is 11.3 Å². The molecule has 104 valence electrons. The van der Waals surface area contributed by atoms with E-state index >= 15 is 0 Å². The summed E-state index contributed by atoms with van der Waals surface area (Å²) in [6.45, 7) is 4.02. The van der Waals surface area contributed by atoms with Gasteiger partial charge in [-0.25, -0.2) is 9.18 Å². The summed E-state index contributed by atoms with van der Waals surface area (Å²) in [7, 11) is 0. The Kier molecular flexibility index (Phi) is 5.95. The second-order valence-electron chi connectivity index (χ2n) is 4.04. The van der Waals surface area contributed by atoms with Crippen molar-refractivity contribution in [3.8, 4) is 0 Å². The van der Waals surface area contributed by atoms with Crippen LogP contribution < -0.4 is 16.0 Å². The number of carbonyl (C=O) groups is 2. The van der Waals surface area contributed by atoms with E-state index in [1.54, 1.807) is 32.0 Å². The maximum atomic E-state index is 13.3. The zero-order valence-electron chi connectivity index (χ0n) is 11.0. The number of carbonyl (C=O) groups excluding carboxylic acids is 2. The summed E-state index contributed by atoms with van der Waals surface area (Å²) in [6, 6.07) is 5.19. The Morgan fingerprint density at radius 3 is 2.63 bits per heavy atom. The van der Waals surface area contributed by atoms with E-state index in [0.29, 0.717) is 12.1 Å². The van der Waals surface area contributed by atoms with Gasteiger partial charge in [0.1, 0.15) is 5.82 Å². The maximum absolute atomic E-state index is 13.3. The quantitative estimate of drug-likeness (QED) is 0.749. The van der Waals surface area contributed by atoms with Crippen molar-refractivity contribution in [2.45, 2.75) is 26.4 Å². The summed E-state index contributed by atoms with van der Waals surface area (Å²) in [6.07, 6.45) is 0. The van der Waals surface area contributed by atoms with E-state index in [0.717, 1.165) is 0 Å². The highest BCUT2D eigenvalue weighted by Gasteiger charge is 2.15. The molecule has 0 aliphatic carbocycles. The number of urea groups is 1. The van der Waals surface area contributed by atoms with Crippen LogP contribution in [0.2, 0.25) is 0 Å². The van der Waals surface area contributed by atoms with Gasteiger partial charge in [-0.05, 0) is 19.9 Å². The predicted octanol–water partition coefficient (Wildman–Crippen LogP) is 1.15. The zero-order valence-corrected chi connectivity index (χ0v) is 11.0. The minimum Gasteiger partial charge on any atom is -0.338 e. The van der Waals surface area contributed by atoms with Crippen LogP contribution in [0.5, 0.6) is 0 Å². The number of nitrogens with one attached hydrogen (secondary N) is 3. The van der Waals surface area contributed by atoms with Crippen LogP contribution in [0, 0.1) is 5.82 Å². The monoisotopic (exact) mass is 267 g/mol. The molecule has 1 atom stereocenters. The minimum atomic E-state index is -0.595. The van der Waals surface area contributed by atoms with E-state index in [9.17, 15) is 14.0 Å². The Bertz CT molecular complexity index is 451. The molecule has 1 rings (SSSR count). The van der Waals surface area contributed by atoms with Crippen molar-refractivity contribution < 1.29 is 14.0 Å². The predicted molar refractivity (Wildman–Crippen MR) is 69.9 cm³/mol. The van der Waals surface area contributed by atoms with Gasteiger partial charge in [0.25, 0.3) is 0 Å². The minimum absolute atomic E-state index is 0.219. The van der Waals surface area contributed by atoms with Crippen molar-refractivity contribution in [2.24, 2.45) is 0 Å². The van der Waals surface area contributed by atoms with Gasteiger partial charge in [-0.2, -0.15) is 0 Å². The van der Waals surface area contributed by atoms with Crippen LogP contribution in [0.15, 0.2) is 24.3 Å². The van der Waals surface area contributed by atoms with Crippen molar-refractivity contribution >= 4 is 11.9 Å². The summed E-state index contributed by atoms with van der Waals surface area (Å²) < 4.78 is 13.3. The lowest BCUT2D eigenvalue weighted by Gasteiger charge is -2.13. The molecule has 0 heterocycles. The van der Waals surface area contributed by atoms with E-state index in [-0.39, 0.29) is 12.4 Å². The van der Waals surface area contributed by atoms with Crippen LogP contribution in [0.25, 0.3) is 0 Å². The molecule has 6 heteroatoms. The number of hydrogen-bond donors (Lipinski definition) is 3. The molecule has 0 radical (unpaired) electrons. The number of rotatable bonds is 5. The van der Waals surface area contributed by atoms with Crippen molar-refractivity contribution in [1.29, 1.82) is 0 Å². The van der Waals surface area contributed by atoms with Crippen molar-refractivity contribution in [3.05, 3.63) is 35.6 Å². The molecular formula is C13H18FN3O2. The Hall–Kier alpha value is -1.95. The number of halogens is 1. The van der Waals surface area contributed by atoms with Gasteiger partial charge in [-0.15, -0.1) is 0 Å². The van der Waals surface area contributed by atoms with Crippen molar-refractivity contribution in [2.75, 3.05) is 6.54 Å². The van der Waals surface area contributed by atoms with E-state index in [2.05, 4.69) is 16.0 Å². The normalized spacial score (nSPS) is 11.7. The molecule has 1 aromatic rings. The maximum Gasteiger partial charge on any atom is 0.321 e. The van der Waals surface area contributed by atoms with E-state index in [1.807, 2.05) is 0 Å². The van der Waals surface area contributed by atoms with Crippen LogP contribution >= 0.6 is 0 Å². The molecule has 0 aromatic heterocycles. The van der Waals surface area contributed by atoms with E-state index in [1.165, 1.54) is 6.07 Å². The molecule has 1 unspecified atom stereocenters. The first-order valence-electron chi connectivity index (χ1n) is 6.10. The summed E-state index contributed by atoms with van der Waals surface area (Å²) in [5.74, 6) is -0.784. The van der Waals surface area contributed by atoms with Crippen LogP contribution in [0.3, 0.4) is 0 Å². The molecule has 0 spiro atoms. The third-order valence-corrected chi connectivity index (χ3v) is 2.52. The molecule has 19 heavy (non-hydrogen) atoms.